The number of thioether (sulfide) groups is 1. The summed E-state index contributed by atoms with van der Waals surface area (Å²) in [7, 11) is 1.89. The van der Waals surface area contributed by atoms with Crippen LogP contribution < -0.4 is 0 Å². The quantitative estimate of drug-likeness (QED) is 0.752. The van der Waals surface area contributed by atoms with E-state index in [2.05, 4.69) is 22.0 Å². The van der Waals surface area contributed by atoms with Gasteiger partial charge in [0, 0.05) is 33.2 Å². The van der Waals surface area contributed by atoms with Gasteiger partial charge in [-0.15, -0.1) is 10.2 Å². The average molecular weight is 283 g/mol. The molecule has 1 aliphatic rings. The van der Waals surface area contributed by atoms with E-state index < -0.39 is 0 Å². The lowest BCUT2D eigenvalue weighted by atomic mass is 10.3. The van der Waals surface area contributed by atoms with Gasteiger partial charge in [0.1, 0.15) is 6.33 Å². The highest BCUT2D eigenvalue weighted by Gasteiger charge is 2.25. The number of amides is 1. The van der Waals surface area contributed by atoms with Crippen molar-refractivity contribution < 1.29 is 4.79 Å². The van der Waals surface area contributed by atoms with E-state index in [4.69, 9.17) is 0 Å². The van der Waals surface area contributed by atoms with Crippen molar-refractivity contribution in [2.45, 2.75) is 24.3 Å². The Morgan fingerprint density at radius 3 is 2.63 bits per heavy atom. The second-order valence-corrected chi connectivity index (χ2v) is 6.05. The van der Waals surface area contributed by atoms with Crippen LogP contribution in [0.25, 0.3) is 0 Å². The smallest absolute Gasteiger partial charge is 0.235 e. The van der Waals surface area contributed by atoms with Crippen molar-refractivity contribution in [3.63, 3.8) is 0 Å². The molecule has 1 atom stereocenters. The highest BCUT2D eigenvalue weighted by atomic mass is 32.2. The topological polar surface area (TPSA) is 54.3 Å². The second kappa shape index (κ2) is 6.38. The molecule has 0 bridgehead atoms. The number of rotatable bonds is 4. The highest BCUT2D eigenvalue weighted by Crippen LogP contribution is 2.22. The molecule has 0 radical (unpaired) electrons. The van der Waals surface area contributed by atoms with E-state index in [-0.39, 0.29) is 11.2 Å². The van der Waals surface area contributed by atoms with E-state index in [1.807, 2.05) is 23.4 Å². The molecular formula is C12H21N5OS. The van der Waals surface area contributed by atoms with Crippen LogP contribution in [0, 0.1) is 0 Å². The molecule has 1 saturated heterocycles. The van der Waals surface area contributed by atoms with E-state index in [0.29, 0.717) is 0 Å². The van der Waals surface area contributed by atoms with E-state index in [9.17, 15) is 4.79 Å². The molecule has 19 heavy (non-hydrogen) atoms. The lowest BCUT2D eigenvalue weighted by Crippen LogP contribution is -2.50. The van der Waals surface area contributed by atoms with Gasteiger partial charge in [0.15, 0.2) is 5.16 Å². The van der Waals surface area contributed by atoms with Crippen LogP contribution in [0.4, 0.5) is 0 Å². The summed E-state index contributed by atoms with van der Waals surface area (Å²) in [4.78, 5) is 16.7. The van der Waals surface area contributed by atoms with Crippen molar-refractivity contribution in [1.29, 1.82) is 0 Å². The summed E-state index contributed by atoms with van der Waals surface area (Å²) < 4.78 is 1.84. The number of piperazine rings is 1. The van der Waals surface area contributed by atoms with Gasteiger partial charge < -0.3 is 14.4 Å². The van der Waals surface area contributed by atoms with Crippen LogP contribution in [0.5, 0.6) is 0 Å². The minimum atomic E-state index is -0.115. The molecule has 0 N–H and O–H groups in total. The Bertz CT molecular complexity index is 428. The van der Waals surface area contributed by atoms with Crippen molar-refractivity contribution in [1.82, 2.24) is 24.6 Å². The third-order valence-corrected chi connectivity index (χ3v) is 4.57. The lowest BCUT2D eigenvalue weighted by Gasteiger charge is -2.35. The van der Waals surface area contributed by atoms with Crippen molar-refractivity contribution in [2.24, 2.45) is 7.05 Å². The first-order valence-electron chi connectivity index (χ1n) is 6.63. The molecule has 1 amide bonds. The fraction of sp³-hybridized carbons (Fsp3) is 0.750. The van der Waals surface area contributed by atoms with Crippen molar-refractivity contribution in [2.75, 3.05) is 32.7 Å². The van der Waals surface area contributed by atoms with E-state index in [1.54, 1.807) is 6.33 Å². The van der Waals surface area contributed by atoms with Crippen molar-refractivity contribution in [3.8, 4) is 0 Å². The molecule has 1 aliphatic heterocycles. The van der Waals surface area contributed by atoms with Gasteiger partial charge in [-0.25, -0.2) is 0 Å². The summed E-state index contributed by atoms with van der Waals surface area (Å²) >= 11 is 1.47. The van der Waals surface area contributed by atoms with Gasteiger partial charge in [-0.3, -0.25) is 4.79 Å². The molecule has 0 aromatic carbocycles. The monoisotopic (exact) mass is 283 g/mol. The predicted octanol–water partition coefficient (Wildman–Crippen LogP) is 0.460. The molecule has 0 saturated carbocycles. The summed E-state index contributed by atoms with van der Waals surface area (Å²) in [6.07, 6.45) is 1.65. The van der Waals surface area contributed by atoms with Gasteiger partial charge in [-0.05, 0) is 13.5 Å². The molecular weight excluding hydrogens is 262 g/mol. The Morgan fingerprint density at radius 2 is 2.11 bits per heavy atom. The van der Waals surface area contributed by atoms with Crippen LogP contribution in [0.2, 0.25) is 0 Å². The first kappa shape index (κ1) is 14.3. The summed E-state index contributed by atoms with van der Waals surface area (Å²) in [5.41, 5.74) is 0. The van der Waals surface area contributed by atoms with Crippen molar-refractivity contribution >= 4 is 17.7 Å². The second-order valence-electron chi connectivity index (χ2n) is 4.74. The van der Waals surface area contributed by atoms with Gasteiger partial charge in [0.2, 0.25) is 5.91 Å². The molecule has 0 spiro atoms. The minimum absolute atomic E-state index is 0.115. The van der Waals surface area contributed by atoms with E-state index in [0.717, 1.165) is 37.9 Å². The lowest BCUT2D eigenvalue weighted by molar-refractivity contribution is -0.132. The highest BCUT2D eigenvalue weighted by molar-refractivity contribution is 8.00. The molecule has 2 rings (SSSR count). The Kier molecular flexibility index (Phi) is 4.81. The molecule has 2 heterocycles. The standard InChI is InChI=1S/C12H21N5OS/c1-4-16-5-7-17(8-6-16)11(18)10(2)19-12-14-13-9-15(12)3/h9-10H,4-8H2,1-3H3/t10-/m1/s1. The maximum Gasteiger partial charge on any atom is 0.235 e. The fourth-order valence-electron chi connectivity index (χ4n) is 2.13. The van der Waals surface area contributed by atoms with Gasteiger partial charge in [0.25, 0.3) is 0 Å². The molecule has 0 aliphatic carbocycles. The predicted molar refractivity (Wildman–Crippen MR) is 75.0 cm³/mol. The number of hydrogen-bond acceptors (Lipinski definition) is 5. The number of aryl methyl sites for hydroxylation is 1. The minimum Gasteiger partial charge on any atom is -0.339 e. The number of carbonyl (C=O) groups excluding carboxylic acids is 1. The number of nitrogens with zero attached hydrogens (tertiary/aromatic N) is 5. The zero-order valence-corrected chi connectivity index (χ0v) is 12.6. The summed E-state index contributed by atoms with van der Waals surface area (Å²) in [5.74, 6) is 0.198. The molecule has 1 aromatic heterocycles. The third-order valence-electron chi connectivity index (χ3n) is 3.43. The van der Waals surface area contributed by atoms with Crippen LogP contribution in [-0.4, -0.2) is 68.4 Å². The van der Waals surface area contributed by atoms with Crippen LogP contribution in [0.15, 0.2) is 11.5 Å². The van der Waals surface area contributed by atoms with Crippen LogP contribution in [0.3, 0.4) is 0 Å². The van der Waals surface area contributed by atoms with E-state index in [1.165, 1.54) is 11.8 Å². The number of likely N-dealkylation sites (N-methyl/N-ethyl adjacent to an activating group) is 1. The van der Waals surface area contributed by atoms with Crippen LogP contribution in [0.1, 0.15) is 13.8 Å². The summed E-state index contributed by atoms with van der Waals surface area (Å²) in [6.45, 7) is 8.77. The summed E-state index contributed by atoms with van der Waals surface area (Å²) in [6, 6.07) is 0. The summed E-state index contributed by atoms with van der Waals surface area (Å²) in [5, 5.41) is 8.50. The normalized spacial score (nSPS) is 18.6. The first-order valence-corrected chi connectivity index (χ1v) is 7.51. The van der Waals surface area contributed by atoms with Crippen molar-refractivity contribution in [3.05, 3.63) is 6.33 Å². The van der Waals surface area contributed by atoms with Gasteiger partial charge in [-0.2, -0.15) is 0 Å². The van der Waals surface area contributed by atoms with Gasteiger partial charge in [0.05, 0.1) is 5.25 Å². The Morgan fingerprint density at radius 1 is 1.42 bits per heavy atom. The molecule has 6 nitrogen and oxygen atoms in total. The van der Waals surface area contributed by atoms with Crippen LogP contribution in [-0.2, 0) is 11.8 Å². The number of hydrogen-bond donors (Lipinski definition) is 0. The van der Waals surface area contributed by atoms with Gasteiger partial charge in [-0.1, -0.05) is 18.7 Å². The Balaban J connectivity index is 1.88. The number of aromatic nitrogens is 3. The maximum absolute atomic E-state index is 12.4. The Labute approximate surface area is 118 Å². The zero-order valence-electron chi connectivity index (χ0n) is 11.7. The largest absolute Gasteiger partial charge is 0.339 e. The molecule has 7 heteroatoms. The van der Waals surface area contributed by atoms with Gasteiger partial charge >= 0.3 is 0 Å². The molecule has 1 fully saturated rings. The maximum atomic E-state index is 12.4. The van der Waals surface area contributed by atoms with E-state index >= 15 is 0 Å². The molecule has 1 aromatic rings. The first-order chi connectivity index (χ1) is 9.11. The molecule has 106 valence electrons. The molecule has 0 unspecified atom stereocenters. The zero-order chi connectivity index (χ0) is 13.8. The SMILES string of the molecule is CCN1CCN(C(=O)[C@@H](C)Sc2nncn2C)CC1. The third kappa shape index (κ3) is 3.48. The number of carbonyl (C=O) groups is 1. The fourth-order valence-corrected chi connectivity index (χ4v) is 3.00. The average Bonchev–Trinajstić information content (AvgIpc) is 2.83. The Hall–Kier alpha value is -1.08. The van der Waals surface area contributed by atoms with Crippen LogP contribution >= 0.6 is 11.8 Å².